The van der Waals surface area contributed by atoms with Crippen LogP contribution in [-0.2, 0) is 4.74 Å². The summed E-state index contributed by atoms with van der Waals surface area (Å²) in [5, 5.41) is 13.6. The Hall–Kier alpha value is -0.260. The molecule has 0 unspecified atom stereocenters. The Morgan fingerprint density at radius 2 is 1.54 bits per heavy atom. The van der Waals surface area contributed by atoms with Gasteiger partial charge in [0.1, 0.15) is 0 Å². The maximum atomic E-state index is 8.36. The Morgan fingerprint density at radius 3 is 1.77 bits per heavy atom. The fourth-order valence-corrected chi connectivity index (χ4v) is 0.634. The van der Waals surface area contributed by atoms with E-state index >= 15 is 0 Å². The summed E-state index contributed by atoms with van der Waals surface area (Å²) in [7, 11) is 0. The molecule has 5 nitrogen and oxygen atoms in total. The molecule has 0 saturated heterocycles. The molecule has 0 heterocycles. The lowest BCUT2D eigenvalue weighted by molar-refractivity contribution is -0.742. The topological polar surface area (TPSA) is 72.6 Å². The summed E-state index contributed by atoms with van der Waals surface area (Å²) in [5.74, 6) is 1.36. The quantitative estimate of drug-likeness (QED) is 0.329. The van der Waals surface area contributed by atoms with Crippen LogP contribution in [0.5, 0.6) is 0 Å². The highest BCUT2D eigenvalue weighted by atomic mass is 35.5. The summed E-state index contributed by atoms with van der Waals surface area (Å²) in [6.45, 7) is 1.53. The van der Waals surface area contributed by atoms with Crippen LogP contribution in [-0.4, -0.2) is 35.3 Å². The molecular formula is C6H13Cl2NO4. The molecule has 0 saturated carbocycles. The Bertz CT molecular complexity index is 105. The second kappa shape index (κ2) is 14.3. The van der Waals surface area contributed by atoms with Gasteiger partial charge in [-0.3, -0.25) is 0 Å². The Morgan fingerprint density at radius 1 is 1.23 bits per heavy atom. The van der Waals surface area contributed by atoms with E-state index < -0.39 is 5.09 Å². The normalized spacial score (nSPS) is 8.77. The molecule has 0 amide bonds. The first kappa shape index (κ1) is 15.2. The molecule has 0 bridgehead atoms. The van der Waals surface area contributed by atoms with Gasteiger partial charge in [0, 0.05) is 25.0 Å². The van der Waals surface area contributed by atoms with E-state index in [-0.39, 0.29) is 0 Å². The van der Waals surface area contributed by atoms with Gasteiger partial charge in [-0.05, 0) is 12.8 Å². The van der Waals surface area contributed by atoms with Crippen molar-refractivity contribution < 1.29 is 15.0 Å². The number of rotatable bonds is 6. The molecule has 0 spiro atoms. The van der Waals surface area contributed by atoms with Crippen molar-refractivity contribution in [3.05, 3.63) is 10.1 Å². The van der Waals surface area contributed by atoms with Gasteiger partial charge in [-0.15, -0.1) is 33.3 Å². The minimum atomic E-state index is -1.50. The smallest absolute Gasteiger partial charge is 0.291 e. The van der Waals surface area contributed by atoms with Gasteiger partial charge in [0.05, 0.1) is 0 Å². The van der Waals surface area contributed by atoms with Crippen LogP contribution >= 0.6 is 23.2 Å². The van der Waals surface area contributed by atoms with E-state index in [0.29, 0.717) is 11.8 Å². The van der Waals surface area contributed by atoms with Crippen LogP contribution in [0.4, 0.5) is 0 Å². The maximum absolute atomic E-state index is 8.36. The summed E-state index contributed by atoms with van der Waals surface area (Å²) >= 11 is 10.8. The zero-order valence-electron chi connectivity index (χ0n) is 7.12. The minimum Gasteiger partial charge on any atom is -0.381 e. The number of hydrogen-bond acceptors (Lipinski definition) is 3. The number of nitrogens with zero attached hydrogens (tertiary/aromatic N) is 1. The molecule has 0 rings (SSSR count). The van der Waals surface area contributed by atoms with Gasteiger partial charge >= 0.3 is 0 Å². The molecule has 80 valence electrons. The third-order valence-electron chi connectivity index (χ3n) is 0.845. The van der Waals surface area contributed by atoms with E-state index in [9.17, 15) is 0 Å². The SMILES string of the molecule is ClCCCOCCCCl.O=[N+]([O-])O. The van der Waals surface area contributed by atoms with Gasteiger partial charge in [-0.2, -0.15) is 0 Å². The largest absolute Gasteiger partial charge is 0.381 e. The maximum Gasteiger partial charge on any atom is 0.291 e. The number of hydrogen-bond donors (Lipinski definition) is 1. The van der Waals surface area contributed by atoms with Crippen LogP contribution in [0.1, 0.15) is 12.8 Å². The molecule has 0 aliphatic rings. The molecule has 0 aliphatic carbocycles. The Balaban J connectivity index is 0. The van der Waals surface area contributed by atoms with Gasteiger partial charge in [0.15, 0.2) is 0 Å². The summed E-state index contributed by atoms with van der Waals surface area (Å²) in [6.07, 6.45) is 1.87. The van der Waals surface area contributed by atoms with E-state index in [2.05, 4.69) is 0 Å². The fourth-order valence-electron chi connectivity index (χ4n) is 0.415. The monoisotopic (exact) mass is 233 g/mol. The number of alkyl halides is 2. The van der Waals surface area contributed by atoms with Gasteiger partial charge in [0.2, 0.25) is 0 Å². The highest BCUT2D eigenvalue weighted by Crippen LogP contribution is 1.89. The molecular weight excluding hydrogens is 221 g/mol. The van der Waals surface area contributed by atoms with Gasteiger partial charge < -0.3 is 9.94 Å². The molecule has 0 fully saturated rings. The molecule has 0 atom stereocenters. The van der Waals surface area contributed by atoms with Crippen LogP contribution in [0.2, 0.25) is 0 Å². The van der Waals surface area contributed by atoms with Crippen molar-refractivity contribution in [1.29, 1.82) is 0 Å². The molecule has 0 aromatic heterocycles. The van der Waals surface area contributed by atoms with Crippen molar-refractivity contribution in [3.8, 4) is 0 Å². The van der Waals surface area contributed by atoms with E-state index in [1.54, 1.807) is 0 Å². The zero-order chi connectivity index (χ0) is 10.5. The molecule has 1 N–H and O–H groups in total. The van der Waals surface area contributed by atoms with Crippen molar-refractivity contribution in [2.24, 2.45) is 0 Å². The van der Waals surface area contributed by atoms with Crippen molar-refractivity contribution in [1.82, 2.24) is 0 Å². The van der Waals surface area contributed by atoms with Gasteiger partial charge in [-0.1, -0.05) is 0 Å². The van der Waals surface area contributed by atoms with E-state index in [1.165, 1.54) is 0 Å². The van der Waals surface area contributed by atoms with Crippen molar-refractivity contribution in [3.63, 3.8) is 0 Å². The third-order valence-corrected chi connectivity index (χ3v) is 1.38. The van der Waals surface area contributed by atoms with Gasteiger partial charge in [-0.25, -0.2) is 0 Å². The first-order chi connectivity index (χ1) is 6.15. The van der Waals surface area contributed by atoms with E-state index in [0.717, 1.165) is 26.1 Å². The summed E-state index contributed by atoms with van der Waals surface area (Å²) < 4.78 is 5.15. The second-order valence-electron chi connectivity index (χ2n) is 1.94. The second-order valence-corrected chi connectivity index (χ2v) is 2.69. The third kappa shape index (κ3) is 33.8. The predicted octanol–water partition coefficient (Wildman–Crippen LogP) is 1.91. The zero-order valence-corrected chi connectivity index (χ0v) is 8.63. The average Bonchev–Trinajstić information content (AvgIpc) is 2.03. The Labute approximate surface area is 86.7 Å². The standard InChI is InChI=1S/C6H12Cl2O.HNO3/c7-3-1-5-9-6-2-4-8;2-1(3)4/h1-6H2;(H,2,3,4). The summed E-state index contributed by atoms with van der Waals surface area (Å²) in [4.78, 5) is 8.36. The van der Waals surface area contributed by atoms with Crippen LogP contribution < -0.4 is 0 Å². The molecule has 0 aromatic carbocycles. The number of halogens is 2. The van der Waals surface area contributed by atoms with Crippen LogP contribution in [0, 0.1) is 10.1 Å². The highest BCUT2D eigenvalue weighted by molar-refractivity contribution is 6.18. The van der Waals surface area contributed by atoms with Crippen molar-refractivity contribution >= 4 is 23.2 Å². The van der Waals surface area contributed by atoms with E-state index in [1.807, 2.05) is 0 Å². The number of ether oxygens (including phenoxy) is 1. The van der Waals surface area contributed by atoms with Crippen molar-refractivity contribution in [2.45, 2.75) is 12.8 Å². The molecule has 0 aromatic rings. The summed E-state index contributed by atoms with van der Waals surface area (Å²) in [6, 6.07) is 0. The lowest BCUT2D eigenvalue weighted by Gasteiger charge is -1.98. The molecule has 0 aliphatic heterocycles. The minimum absolute atomic E-state index is 0.681. The first-order valence-electron chi connectivity index (χ1n) is 3.68. The highest BCUT2D eigenvalue weighted by Gasteiger charge is 1.85. The lowest BCUT2D eigenvalue weighted by Crippen LogP contribution is -1.97. The Kier molecular flexibility index (Phi) is 16.7. The predicted molar refractivity (Wildman–Crippen MR) is 50.3 cm³/mol. The van der Waals surface area contributed by atoms with Crippen LogP contribution in [0.3, 0.4) is 0 Å². The van der Waals surface area contributed by atoms with E-state index in [4.69, 9.17) is 43.3 Å². The van der Waals surface area contributed by atoms with Gasteiger partial charge in [0.25, 0.3) is 5.09 Å². The van der Waals surface area contributed by atoms with Crippen LogP contribution in [0.25, 0.3) is 0 Å². The first-order valence-corrected chi connectivity index (χ1v) is 4.75. The molecule has 7 heteroatoms. The van der Waals surface area contributed by atoms with Crippen LogP contribution in [0.15, 0.2) is 0 Å². The summed E-state index contributed by atoms with van der Waals surface area (Å²) in [5.41, 5.74) is 0. The van der Waals surface area contributed by atoms with Crippen molar-refractivity contribution in [2.75, 3.05) is 25.0 Å². The molecule has 13 heavy (non-hydrogen) atoms. The fraction of sp³-hybridized carbons (Fsp3) is 1.00. The lowest BCUT2D eigenvalue weighted by atomic mass is 10.5. The molecule has 0 radical (unpaired) electrons. The average molecular weight is 234 g/mol.